The first-order valence-electron chi connectivity index (χ1n) is 10.6. The fourth-order valence-corrected chi connectivity index (χ4v) is 4.08. The fraction of sp³-hybridized carbons (Fsp3) is 0.636. The molecule has 1 aromatic carbocycles. The summed E-state index contributed by atoms with van der Waals surface area (Å²) in [5.74, 6) is 0.165. The van der Waals surface area contributed by atoms with Gasteiger partial charge in [0.15, 0.2) is 0 Å². The Morgan fingerprint density at radius 3 is 2.32 bits per heavy atom. The second-order valence-electron chi connectivity index (χ2n) is 8.25. The number of hydrogen-bond donors (Lipinski definition) is 2. The molecular weight excluding hydrogens is 352 g/mol. The van der Waals surface area contributed by atoms with Gasteiger partial charge in [-0.1, -0.05) is 37.0 Å². The molecule has 1 saturated heterocycles. The van der Waals surface area contributed by atoms with Crippen LogP contribution in [0.4, 0.5) is 5.69 Å². The molecule has 0 radical (unpaired) electrons. The monoisotopic (exact) mass is 386 g/mol. The van der Waals surface area contributed by atoms with Crippen molar-refractivity contribution >= 4 is 17.5 Å². The molecule has 1 heterocycles. The Kier molecular flexibility index (Phi) is 7.45. The molecule has 2 N–H and O–H groups in total. The molecule has 6 heteroatoms. The van der Waals surface area contributed by atoms with E-state index in [1.807, 2.05) is 38.1 Å². The highest BCUT2D eigenvalue weighted by atomic mass is 16.2. The zero-order chi connectivity index (χ0) is 19.9. The van der Waals surface area contributed by atoms with Crippen LogP contribution >= 0.6 is 0 Å². The molecule has 2 aliphatic rings. The van der Waals surface area contributed by atoms with Crippen molar-refractivity contribution in [2.24, 2.45) is 0 Å². The van der Waals surface area contributed by atoms with E-state index in [0.29, 0.717) is 12.6 Å². The summed E-state index contributed by atoms with van der Waals surface area (Å²) in [5, 5.41) is 6.19. The van der Waals surface area contributed by atoms with Gasteiger partial charge in [-0.25, -0.2) is 0 Å². The Balaban J connectivity index is 1.39. The molecule has 2 amide bonds. The van der Waals surface area contributed by atoms with Gasteiger partial charge >= 0.3 is 0 Å². The number of carbonyl (C=O) groups is 2. The number of nitrogens with zero attached hydrogens (tertiary/aromatic N) is 2. The van der Waals surface area contributed by atoms with Crippen LogP contribution in [0.5, 0.6) is 0 Å². The van der Waals surface area contributed by atoms with Crippen molar-refractivity contribution in [1.29, 1.82) is 0 Å². The molecule has 3 rings (SSSR count). The van der Waals surface area contributed by atoms with Crippen LogP contribution in [0.1, 0.15) is 44.6 Å². The number of aryl methyl sites for hydroxylation is 1. The highest BCUT2D eigenvalue weighted by molar-refractivity contribution is 5.92. The Morgan fingerprint density at radius 1 is 1.04 bits per heavy atom. The summed E-state index contributed by atoms with van der Waals surface area (Å²) in [7, 11) is 0. The predicted molar refractivity (Wildman–Crippen MR) is 112 cm³/mol. The third-order valence-corrected chi connectivity index (χ3v) is 5.99. The van der Waals surface area contributed by atoms with E-state index in [0.717, 1.165) is 44.7 Å². The minimum atomic E-state index is -0.106. The van der Waals surface area contributed by atoms with Crippen LogP contribution < -0.4 is 10.6 Å². The van der Waals surface area contributed by atoms with Crippen LogP contribution in [-0.2, 0) is 9.59 Å². The lowest BCUT2D eigenvalue weighted by Gasteiger charge is -2.37. The van der Waals surface area contributed by atoms with Gasteiger partial charge in [0.1, 0.15) is 0 Å². The summed E-state index contributed by atoms with van der Waals surface area (Å²) < 4.78 is 0. The first kappa shape index (κ1) is 20.8. The Hall–Kier alpha value is -1.92. The smallest absolute Gasteiger partial charge is 0.238 e. The zero-order valence-corrected chi connectivity index (χ0v) is 17.2. The molecule has 28 heavy (non-hydrogen) atoms. The van der Waals surface area contributed by atoms with Crippen molar-refractivity contribution < 1.29 is 9.59 Å². The zero-order valence-electron chi connectivity index (χ0n) is 17.2. The van der Waals surface area contributed by atoms with Gasteiger partial charge in [0.25, 0.3) is 0 Å². The number of benzene rings is 1. The Morgan fingerprint density at radius 2 is 1.68 bits per heavy atom. The second kappa shape index (κ2) is 10.0. The number of amides is 2. The standard InChI is InChI=1S/C22H34N4O2/c1-17-8-10-20(11-9-17)23-21(27)16-25-12-14-26(15-13-25)18(2)22(28)24-19-6-4-3-5-7-19/h8-11,18-19H,3-7,12-16H2,1-2H3,(H,23,27)(H,24,28)/t18-/m1/s1. The van der Waals surface area contributed by atoms with Crippen molar-refractivity contribution in [3.63, 3.8) is 0 Å². The Bertz CT molecular complexity index is 647. The van der Waals surface area contributed by atoms with E-state index in [1.54, 1.807) is 0 Å². The molecule has 1 aromatic rings. The van der Waals surface area contributed by atoms with Gasteiger partial charge in [0.2, 0.25) is 11.8 Å². The lowest BCUT2D eigenvalue weighted by Crippen LogP contribution is -2.55. The number of piperazine rings is 1. The summed E-state index contributed by atoms with van der Waals surface area (Å²) in [6, 6.07) is 8.10. The normalized spacial score (nSPS) is 20.5. The first-order chi connectivity index (χ1) is 13.5. The lowest BCUT2D eigenvalue weighted by atomic mass is 9.95. The molecule has 1 atom stereocenters. The highest BCUT2D eigenvalue weighted by Crippen LogP contribution is 2.18. The maximum atomic E-state index is 12.6. The van der Waals surface area contributed by atoms with Gasteiger partial charge in [0.05, 0.1) is 12.6 Å². The van der Waals surface area contributed by atoms with E-state index in [9.17, 15) is 9.59 Å². The van der Waals surface area contributed by atoms with E-state index in [2.05, 4.69) is 20.4 Å². The van der Waals surface area contributed by atoms with Crippen LogP contribution in [0.25, 0.3) is 0 Å². The number of nitrogens with one attached hydrogen (secondary N) is 2. The Labute approximate surface area is 168 Å². The van der Waals surface area contributed by atoms with Gasteiger partial charge in [-0.15, -0.1) is 0 Å². The molecule has 6 nitrogen and oxygen atoms in total. The van der Waals surface area contributed by atoms with Crippen LogP contribution in [0.2, 0.25) is 0 Å². The maximum Gasteiger partial charge on any atom is 0.238 e. The van der Waals surface area contributed by atoms with E-state index in [4.69, 9.17) is 0 Å². The quantitative estimate of drug-likeness (QED) is 0.788. The van der Waals surface area contributed by atoms with E-state index in [-0.39, 0.29) is 17.9 Å². The maximum absolute atomic E-state index is 12.6. The van der Waals surface area contributed by atoms with Crippen LogP contribution in [0, 0.1) is 6.92 Å². The van der Waals surface area contributed by atoms with E-state index >= 15 is 0 Å². The van der Waals surface area contributed by atoms with Gasteiger partial charge in [-0.05, 0) is 38.8 Å². The fourth-order valence-electron chi connectivity index (χ4n) is 4.08. The van der Waals surface area contributed by atoms with Crippen molar-refractivity contribution in [3.8, 4) is 0 Å². The molecule has 1 aliphatic carbocycles. The van der Waals surface area contributed by atoms with Crippen LogP contribution in [0.15, 0.2) is 24.3 Å². The molecule has 0 bridgehead atoms. The lowest BCUT2D eigenvalue weighted by molar-refractivity contribution is -0.128. The third-order valence-electron chi connectivity index (χ3n) is 5.99. The minimum Gasteiger partial charge on any atom is -0.352 e. The minimum absolute atomic E-state index is 0.0143. The molecule has 1 saturated carbocycles. The highest BCUT2D eigenvalue weighted by Gasteiger charge is 2.27. The molecule has 0 aromatic heterocycles. The van der Waals surface area contributed by atoms with Crippen LogP contribution in [0.3, 0.4) is 0 Å². The summed E-state index contributed by atoms with van der Waals surface area (Å²) in [6.45, 7) is 7.67. The molecular formula is C22H34N4O2. The van der Waals surface area contributed by atoms with Crippen molar-refractivity contribution in [1.82, 2.24) is 15.1 Å². The van der Waals surface area contributed by atoms with Gasteiger partial charge < -0.3 is 10.6 Å². The van der Waals surface area contributed by atoms with Crippen molar-refractivity contribution in [2.75, 3.05) is 38.0 Å². The SMILES string of the molecule is Cc1ccc(NC(=O)CN2CCN([C@H](C)C(=O)NC3CCCCC3)CC2)cc1. The number of rotatable bonds is 6. The summed E-state index contributed by atoms with van der Waals surface area (Å²) in [5.41, 5.74) is 2.01. The molecule has 0 spiro atoms. The third kappa shape index (κ3) is 6.04. The summed E-state index contributed by atoms with van der Waals surface area (Å²) >= 11 is 0. The topological polar surface area (TPSA) is 64.7 Å². The average Bonchev–Trinajstić information content (AvgIpc) is 2.70. The van der Waals surface area contributed by atoms with Crippen molar-refractivity contribution in [3.05, 3.63) is 29.8 Å². The predicted octanol–water partition coefficient (Wildman–Crippen LogP) is 2.39. The van der Waals surface area contributed by atoms with Gasteiger partial charge in [-0.2, -0.15) is 0 Å². The largest absolute Gasteiger partial charge is 0.352 e. The molecule has 2 fully saturated rings. The van der Waals surface area contributed by atoms with Crippen molar-refractivity contribution in [2.45, 2.75) is 58.0 Å². The van der Waals surface area contributed by atoms with E-state index < -0.39 is 0 Å². The number of anilines is 1. The average molecular weight is 387 g/mol. The number of carbonyl (C=O) groups excluding carboxylic acids is 2. The van der Waals surface area contributed by atoms with Crippen LogP contribution in [-0.4, -0.2) is 66.4 Å². The number of hydrogen-bond acceptors (Lipinski definition) is 4. The summed E-state index contributed by atoms with van der Waals surface area (Å²) in [6.07, 6.45) is 5.97. The second-order valence-corrected chi connectivity index (χ2v) is 8.25. The van der Waals surface area contributed by atoms with Gasteiger partial charge in [0, 0.05) is 37.9 Å². The van der Waals surface area contributed by atoms with Gasteiger partial charge in [-0.3, -0.25) is 19.4 Å². The first-order valence-corrected chi connectivity index (χ1v) is 10.6. The molecule has 154 valence electrons. The molecule has 1 aliphatic heterocycles. The molecule has 0 unspecified atom stereocenters. The van der Waals surface area contributed by atoms with E-state index in [1.165, 1.54) is 24.8 Å². The summed E-state index contributed by atoms with van der Waals surface area (Å²) in [4.78, 5) is 29.2.